The zero-order chi connectivity index (χ0) is 11.5. The molecule has 1 rings (SSSR count). The third kappa shape index (κ3) is 3.94. The van der Waals surface area contributed by atoms with Gasteiger partial charge in [0.2, 0.25) is 0 Å². The molecule has 1 atom stereocenters. The van der Waals surface area contributed by atoms with Gasteiger partial charge in [-0.25, -0.2) is 0 Å². The van der Waals surface area contributed by atoms with Crippen LogP contribution in [0.4, 0.5) is 0 Å². The van der Waals surface area contributed by atoms with Gasteiger partial charge in [0, 0.05) is 5.75 Å². The summed E-state index contributed by atoms with van der Waals surface area (Å²) in [5.74, 6) is 0.908. The quantitative estimate of drug-likeness (QED) is 0.829. The van der Waals surface area contributed by atoms with Crippen LogP contribution in [0.2, 0.25) is 0 Å². The molecule has 0 fully saturated rings. The average molecular weight is 264 g/mol. The Hall–Kier alpha value is 0.220. The van der Waals surface area contributed by atoms with Crippen molar-refractivity contribution in [2.45, 2.75) is 35.1 Å². The molecule has 1 heterocycles. The van der Waals surface area contributed by atoms with Crippen molar-refractivity contribution in [1.29, 1.82) is 0 Å². The molecular weight excluding hydrogens is 248 g/mol. The summed E-state index contributed by atoms with van der Waals surface area (Å²) in [6.45, 7) is 5.91. The Morgan fingerprint density at radius 2 is 2.00 bits per heavy atom. The van der Waals surface area contributed by atoms with Gasteiger partial charge in [-0.3, -0.25) is 0 Å². The van der Waals surface area contributed by atoms with Crippen LogP contribution in [-0.4, -0.2) is 32.9 Å². The molecule has 0 saturated heterocycles. The van der Waals surface area contributed by atoms with Gasteiger partial charge in [0.25, 0.3) is 0 Å². The van der Waals surface area contributed by atoms with Crippen molar-refractivity contribution in [2.75, 3.05) is 12.0 Å². The van der Waals surface area contributed by atoms with Gasteiger partial charge in [-0.15, -0.1) is 10.2 Å². The number of aliphatic hydroxyl groups is 1. The molecular formula is C9H16N2OS3. The predicted molar refractivity (Wildman–Crippen MR) is 67.9 cm³/mol. The summed E-state index contributed by atoms with van der Waals surface area (Å²) >= 11 is 4.75. The van der Waals surface area contributed by atoms with Crippen molar-refractivity contribution >= 4 is 34.9 Å². The molecule has 15 heavy (non-hydrogen) atoms. The van der Waals surface area contributed by atoms with Crippen molar-refractivity contribution in [2.24, 2.45) is 5.92 Å². The monoisotopic (exact) mass is 264 g/mol. The first-order valence-electron chi connectivity index (χ1n) is 4.68. The van der Waals surface area contributed by atoms with Crippen molar-refractivity contribution in [3.63, 3.8) is 0 Å². The van der Waals surface area contributed by atoms with E-state index in [4.69, 9.17) is 0 Å². The van der Waals surface area contributed by atoms with E-state index in [9.17, 15) is 5.11 Å². The highest BCUT2D eigenvalue weighted by molar-refractivity contribution is 8.03. The van der Waals surface area contributed by atoms with Crippen LogP contribution < -0.4 is 0 Å². The van der Waals surface area contributed by atoms with Gasteiger partial charge in [0.1, 0.15) is 0 Å². The average Bonchev–Trinajstić information content (AvgIpc) is 2.62. The lowest BCUT2D eigenvalue weighted by Crippen LogP contribution is -2.33. The van der Waals surface area contributed by atoms with Gasteiger partial charge in [-0.2, -0.15) is 0 Å². The van der Waals surface area contributed by atoms with Gasteiger partial charge in [0.05, 0.1) is 5.60 Å². The normalized spacial score (nSPS) is 15.6. The lowest BCUT2D eigenvalue weighted by molar-refractivity contribution is 0.0376. The maximum absolute atomic E-state index is 10.0. The largest absolute Gasteiger partial charge is 0.389 e. The molecule has 0 aliphatic rings. The molecule has 1 aromatic heterocycles. The van der Waals surface area contributed by atoms with Gasteiger partial charge in [-0.05, 0) is 19.1 Å². The summed E-state index contributed by atoms with van der Waals surface area (Å²) in [5.41, 5.74) is -0.643. The molecule has 86 valence electrons. The Labute approximate surface area is 103 Å². The van der Waals surface area contributed by atoms with Crippen LogP contribution >= 0.6 is 34.9 Å². The second kappa shape index (κ2) is 5.52. The first kappa shape index (κ1) is 13.3. The number of hydrogen-bond donors (Lipinski definition) is 1. The molecule has 0 aliphatic heterocycles. The van der Waals surface area contributed by atoms with Crippen LogP contribution in [0.25, 0.3) is 0 Å². The van der Waals surface area contributed by atoms with Gasteiger partial charge in [0.15, 0.2) is 8.68 Å². The summed E-state index contributed by atoms with van der Waals surface area (Å²) in [6, 6.07) is 0. The van der Waals surface area contributed by atoms with Crippen molar-refractivity contribution in [3.8, 4) is 0 Å². The predicted octanol–water partition coefficient (Wildman–Crippen LogP) is 2.76. The first-order chi connectivity index (χ1) is 6.95. The highest BCUT2D eigenvalue weighted by Gasteiger charge is 2.25. The minimum Gasteiger partial charge on any atom is -0.389 e. The van der Waals surface area contributed by atoms with E-state index in [1.807, 2.05) is 27.0 Å². The fourth-order valence-electron chi connectivity index (χ4n) is 0.713. The molecule has 0 amide bonds. The van der Waals surface area contributed by atoms with Crippen LogP contribution in [0.3, 0.4) is 0 Å². The molecule has 0 aromatic carbocycles. The van der Waals surface area contributed by atoms with E-state index in [2.05, 4.69) is 10.2 Å². The molecule has 0 bridgehead atoms. The van der Waals surface area contributed by atoms with Crippen molar-refractivity contribution < 1.29 is 5.11 Å². The SMILES string of the molecule is CSc1nnc(SCC(C)(O)C(C)C)s1. The van der Waals surface area contributed by atoms with Crippen LogP contribution in [0, 0.1) is 5.92 Å². The number of hydrogen-bond acceptors (Lipinski definition) is 6. The molecule has 0 radical (unpaired) electrons. The van der Waals surface area contributed by atoms with Gasteiger partial charge in [-0.1, -0.05) is 48.7 Å². The smallest absolute Gasteiger partial charge is 0.175 e. The number of nitrogens with zero attached hydrogens (tertiary/aromatic N) is 2. The second-order valence-corrected chi connectivity index (χ2v) is 7.09. The minimum atomic E-state index is -0.643. The van der Waals surface area contributed by atoms with Crippen LogP contribution in [0.15, 0.2) is 8.68 Å². The lowest BCUT2D eigenvalue weighted by Gasteiger charge is -2.26. The Morgan fingerprint density at radius 1 is 1.40 bits per heavy atom. The first-order valence-corrected chi connectivity index (χ1v) is 7.71. The van der Waals surface area contributed by atoms with Crippen LogP contribution in [-0.2, 0) is 0 Å². The Bertz CT molecular complexity index is 312. The molecule has 3 nitrogen and oxygen atoms in total. The highest BCUT2D eigenvalue weighted by atomic mass is 32.2. The lowest BCUT2D eigenvalue weighted by atomic mass is 9.95. The molecule has 0 saturated carbocycles. The fourth-order valence-corrected chi connectivity index (χ4v) is 3.37. The summed E-state index contributed by atoms with van der Waals surface area (Å²) in [4.78, 5) is 0. The molecule has 0 spiro atoms. The van der Waals surface area contributed by atoms with E-state index in [0.717, 1.165) is 8.68 Å². The minimum absolute atomic E-state index is 0.248. The summed E-state index contributed by atoms with van der Waals surface area (Å²) < 4.78 is 1.90. The topological polar surface area (TPSA) is 46.0 Å². The fraction of sp³-hybridized carbons (Fsp3) is 0.778. The maximum atomic E-state index is 10.0. The van der Waals surface area contributed by atoms with Crippen molar-refractivity contribution in [1.82, 2.24) is 10.2 Å². The summed E-state index contributed by atoms with van der Waals surface area (Å²) in [5, 5.41) is 18.1. The van der Waals surface area contributed by atoms with Crippen LogP contribution in [0.5, 0.6) is 0 Å². The zero-order valence-electron chi connectivity index (χ0n) is 9.35. The highest BCUT2D eigenvalue weighted by Crippen LogP contribution is 2.31. The van der Waals surface area contributed by atoms with Crippen LogP contribution in [0.1, 0.15) is 20.8 Å². The number of rotatable bonds is 5. The molecule has 1 aromatic rings. The van der Waals surface area contributed by atoms with Gasteiger partial charge >= 0.3 is 0 Å². The summed E-state index contributed by atoms with van der Waals surface area (Å²) in [7, 11) is 0. The van der Waals surface area contributed by atoms with E-state index in [1.165, 1.54) is 0 Å². The Balaban J connectivity index is 2.50. The molecule has 6 heteroatoms. The Morgan fingerprint density at radius 3 is 2.47 bits per heavy atom. The van der Waals surface area contributed by atoms with E-state index < -0.39 is 5.60 Å². The molecule has 1 unspecified atom stereocenters. The standard InChI is InChI=1S/C9H16N2OS3/c1-6(2)9(3,12)5-14-8-11-10-7(13-4)15-8/h6,12H,5H2,1-4H3. The number of aromatic nitrogens is 2. The Kier molecular flexibility index (Phi) is 4.89. The van der Waals surface area contributed by atoms with E-state index in [-0.39, 0.29) is 5.92 Å². The van der Waals surface area contributed by atoms with E-state index in [1.54, 1.807) is 34.9 Å². The van der Waals surface area contributed by atoms with E-state index >= 15 is 0 Å². The number of thioether (sulfide) groups is 2. The zero-order valence-corrected chi connectivity index (χ0v) is 11.8. The van der Waals surface area contributed by atoms with Crippen molar-refractivity contribution in [3.05, 3.63) is 0 Å². The molecule has 1 N–H and O–H groups in total. The molecule has 0 aliphatic carbocycles. The maximum Gasteiger partial charge on any atom is 0.175 e. The second-order valence-electron chi connectivity index (χ2n) is 3.84. The third-order valence-corrected chi connectivity index (χ3v) is 5.65. The third-order valence-electron chi connectivity index (χ3n) is 2.29. The van der Waals surface area contributed by atoms with Gasteiger partial charge < -0.3 is 5.11 Å². The summed E-state index contributed by atoms with van der Waals surface area (Å²) in [6.07, 6.45) is 1.99. The van der Waals surface area contributed by atoms with E-state index in [0.29, 0.717) is 5.75 Å².